The third-order valence-electron chi connectivity index (χ3n) is 2.37. The standard InChI is InChI=1S/C11H10BrF2N3O2/c12-8-2-1-7(3-15-8)4-17(5-9(13)14)10-6-19-11(18)16-10/h1-3,6,9H,4-5H2,(H,16,18). The highest BCUT2D eigenvalue weighted by Gasteiger charge is 2.16. The first-order chi connectivity index (χ1) is 9.04. The summed E-state index contributed by atoms with van der Waals surface area (Å²) in [6, 6.07) is 3.47. The summed E-state index contributed by atoms with van der Waals surface area (Å²) in [5.41, 5.74) is 0.742. The zero-order valence-corrected chi connectivity index (χ0v) is 11.2. The number of oxazole rings is 1. The highest BCUT2D eigenvalue weighted by atomic mass is 79.9. The van der Waals surface area contributed by atoms with Gasteiger partial charge >= 0.3 is 5.76 Å². The quantitative estimate of drug-likeness (QED) is 0.853. The Balaban J connectivity index is 2.18. The van der Waals surface area contributed by atoms with E-state index in [4.69, 9.17) is 0 Å². The van der Waals surface area contributed by atoms with Gasteiger partial charge in [0.25, 0.3) is 6.43 Å². The third kappa shape index (κ3) is 3.88. The normalized spacial score (nSPS) is 10.9. The maximum atomic E-state index is 12.6. The molecule has 0 bridgehead atoms. The van der Waals surface area contributed by atoms with Gasteiger partial charge in [0, 0.05) is 12.7 Å². The molecule has 2 aromatic heterocycles. The second-order valence-corrected chi connectivity index (χ2v) is 4.61. The zero-order chi connectivity index (χ0) is 13.8. The van der Waals surface area contributed by atoms with Gasteiger partial charge in [-0.1, -0.05) is 6.07 Å². The van der Waals surface area contributed by atoms with Crippen molar-refractivity contribution in [3.63, 3.8) is 0 Å². The summed E-state index contributed by atoms with van der Waals surface area (Å²) in [4.78, 5) is 18.6. The van der Waals surface area contributed by atoms with E-state index in [0.717, 1.165) is 11.8 Å². The van der Waals surface area contributed by atoms with Crippen molar-refractivity contribution in [3.8, 4) is 0 Å². The number of hydrogen-bond donors (Lipinski definition) is 1. The van der Waals surface area contributed by atoms with Crippen molar-refractivity contribution in [2.24, 2.45) is 0 Å². The summed E-state index contributed by atoms with van der Waals surface area (Å²) in [5.74, 6) is -0.462. The second kappa shape index (κ2) is 5.96. The molecule has 0 atom stereocenters. The molecule has 0 spiro atoms. The van der Waals surface area contributed by atoms with Crippen LogP contribution in [0.5, 0.6) is 0 Å². The minimum Gasteiger partial charge on any atom is -0.414 e. The van der Waals surface area contributed by atoms with Gasteiger partial charge in [-0.15, -0.1) is 0 Å². The number of halogens is 3. The third-order valence-corrected chi connectivity index (χ3v) is 2.84. The number of hydrogen-bond acceptors (Lipinski definition) is 4. The first kappa shape index (κ1) is 13.7. The Kier molecular flexibility index (Phi) is 4.31. The predicted molar refractivity (Wildman–Crippen MR) is 68.3 cm³/mol. The molecule has 0 saturated heterocycles. The minimum absolute atomic E-state index is 0.195. The van der Waals surface area contributed by atoms with Crippen molar-refractivity contribution in [1.82, 2.24) is 9.97 Å². The van der Waals surface area contributed by atoms with Gasteiger partial charge in [0.1, 0.15) is 16.7 Å². The molecular formula is C11H10BrF2N3O2. The number of pyridine rings is 1. The molecule has 0 radical (unpaired) electrons. The molecular weight excluding hydrogens is 324 g/mol. The Labute approximate surface area is 115 Å². The summed E-state index contributed by atoms with van der Waals surface area (Å²) in [6.45, 7) is -0.314. The van der Waals surface area contributed by atoms with Crippen LogP contribution in [0.15, 0.2) is 38.4 Å². The molecule has 1 N–H and O–H groups in total. The zero-order valence-electron chi connectivity index (χ0n) is 9.65. The molecule has 0 unspecified atom stereocenters. The van der Waals surface area contributed by atoms with Crippen LogP contribution in [0.25, 0.3) is 0 Å². The van der Waals surface area contributed by atoms with Crippen LogP contribution in [0.2, 0.25) is 0 Å². The Bertz CT molecular complexity index is 582. The lowest BCUT2D eigenvalue weighted by molar-refractivity contribution is 0.154. The molecule has 0 aliphatic heterocycles. The molecule has 8 heteroatoms. The summed E-state index contributed by atoms with van der Waals surface area (Å²) in [7, 11) is 0. The molecule has 0 saturated carbocycles. The Morgan fingerprint density at radius 3 is 2.79 bits per heavy atom. The predicted octanol–water partition coefficient (Wildman–Crippen LogP) is 2.40. The number of nitrogens with zero attached hydrogens (tertiary/aromatic N) is 2. The van der Waals surface area contributed by atoms with Crippen LogP contribution < -0.4 is 10.7 Å². The Morgan fingerprint density at radius 1 is 1.47 bits per heavy atom. The maximum Gasteiger partial charge on any atom is 0.417 e. The highest BCUT2D eigenvalue weighted by molar-refractivity contribution is 9.10. The first-order valence-electron chi connectivity index (χ1n) is 5.36. The van der Waals surface area contributed by atoms with Gasteiger partial charge in [-0.3, -0.25) is 4.98 Å². The monoisotopic (exact) mass is 333 g/mol. The van der Waals surface area contributed by atoms with E-state index in [2.05, 4.69) is 30.3 Å². The van der Waals surface area contributed by atoms with Crippen molar-refractivity contribution < 1.29 is 13.2 Å². The molecule has 0 aliphatic carbocycles. The number of H-pyrrole nitrogens is 1. The van der Waals surface area contributed by atoms with E-state index in [9.17, 15) is 13.6 Å². The fourth-order valence-corrected chi connectivity index (χ4v) is 1.80. The molecule has 0 aromatic carbocycles. The SMILES string of the molecule is O=c1[nH]c(N(Cc2ccc(Br)nc2)CC(F)F)co1. The smallest absolute Gasteiger partial charge is 0.414 e. The fraction of sp³-hybridized carbons (Fsp3) is 0.273. The number of aromatic nitrogens is 2. The molecule has 0 aliphatic rings. The largest absolute Gasteiger partial charge is 0.417 e. The van der Waals surface area contributed by atoms with E-state index >= 15 is 0 Å². The van der Waals surface area contributed by atoms with Crippen molar-refractivity contribution in [2.45, 2.75) is 13.0 Å². The van der Waals surface area contributed by atoms with Gasteiger partial charge in [0.2, 0.25) is 0 Å². The van der Waals surface area contributed by atoms with E-state index < -0.39 is 18.7 Å². The second-order valence-electron chi connectivity index (χ2n) is 3.79. The van der Waals surface area contributed by atoms with E-state index in [1.165, 1.54) is 4.90 Å². The van der Waals surface area contributed by atoms with Crippen LogP contribution in [-0.2, 0) is 6.54 Å². The van der Waals surface area contributed by atoms with E-state index in [-0.39, 0.29) is 12.4 Å². The van der Waals surface area contributed by atoms with E-state index in [1.54, 1.807) is 18.3 Å². The molecule has 2 aromatic rings. The van der Waals surface area contributed by atoms with Crippen molar-refractivity contribution in [3.05, 3.63) is 45.3 Å². The average Bonchev–Trinajstić information content (AvgIpc) is 2.77. The lowest BCUT2D eigenvalue weighted by atomic mass is 10.2. The van der Waals surface area contributed by atoms with Crippen molar-refractivity contribution in [1.29, 1.82) is 0 Å². The van der Waals surface area contributed by atoms with Gasteiger partial charge in [-0.05, 0) is 27.6 Å². The summed E-state index contributed by atoms with van der Waals surface area (Å²) < 4.78 is 30.3. The van der Waals surface area contributed by atoms with Gasteiger partial charge in [0.05, 0.1) is 6.54 Å². The number of aromatic amines is 1. The topological polar surface area (TPSA) is 62.1 Å². The van der Waals surface area contributed by atoms with E-state index in [1.807, 2.05) is 0 Å². The first-order valence-corrected chi connectivity index (χ1v) is 6.15. The van der Waals surface area contributed by atoms with E-state index in [0.29, 0.717) is 4.60 Å². The van der Waals surface area contributed by atoms with Crippen molar-refractivity contribution >= 4 is 21.7 Å². The lowest BCUT2D eigenvalue weighted by Crippen LogP contribution is -2.29. The molecule has 2 rings (SSSR count). The summed E-state index contributed by atoms with van der Waals surface area (Å²) >= 11 is 3.19. The van der Waals surface area contributed by atoms with Gasteiger partial charge in [-0.25, -0.2) is 18.6 Å². The lowest BCUT2D eigenvalue weighted by Gasteiger charge is -2.21. The van der Waals surface area contributed by atoms with Gasteiger partial charge in [-0.2, -0.15) is 0 Å². The van der Waals surface area contributed by atoms with Crippen LogP contribution in [0.4, 0.5) is 14.6 Å². The molecule has 5 nitrogen and oxygen atoms in total. The molecule has 0 fully saturated rings. The Hall–Kier alpha value is -1.70. The number of nitrogens with one attached hydrogen (secondary N) is 1. The molecule has 102 valence electrons. The molecule has 19 heavy (non-hydrogen) atoms. The Morgan fingerprint density at radius 2 is 2.26 bits per heavy atom. The van der Waals surface area contributed by atoms with Crippen LogP contribution >= 0.6 is 15.9 Å². The van der Waals surface area contributed by atoms with Gasteiger partial charge in [0.15, 0.2) is 0 Å². The van der Waals surface area contributed by atoms with Gasteiger partial charge < -0.3 is 9.32 Å². The summed E-state index contributed by atoms with van der Waals surface area (Å²) in [6.07, 6.45) is 0.166. The highest BCUT2D eigenvalue weighted by Crippen LogP contribution is 2.15. The number of rotatable bonds is 5. The number of alkyl halides is 2. The molecule has 0 amide bonds. The fourth-order valence-electron chi connectivity index (χ4n) is 1.56. The summed E-state index contributed by atoms with van der Waals surface area (Å²) in [5, 5.41) is 0. The van der Waals surface area contributed by atoms with Crippen molar-refractivity contribution in [2.75, 3.05) is 11.4 Å². The number of anilines is 1. The molecule has 2 heterocycles. The average molecular weight is 334 g/mol. The van der Waals surface area contributed by atoms with Crippen LogP contribution in [0.1, 0.15) is 5.56 Å². The maximum absolute atomic E-state index is 12.6. The van der Waals surface area contributed by atoms with Crippen LogP contribution in [0, 0.1) is 0 Å². The van der Waals surface area contributed by atoms with Crippen LogP contribution in [-0.4, -0.2) is 22.9 Å². The van der Waals surface area contributed by atoms with Crippen LogP contribution in [0.3, 0.4) is 0 Å². The minimum atomic E-state index is -2.53.